The number of rotatable bonds is 4. The van der Waals surface area contributed by atoms with Crippen molar-refractivity contribution in [1.29, 1.82) is 0 Å². The minimum Gasteiger partial charge on any atom is -0.481 e. The van der Waals surface area contributed by atoms with Gasteiger partial charge in [-0.1, -0.05) is 0 Å². The van der Waals surface area contributed by atoms with Crippen LogP contribution in [-0.4, -0.2) is 28.8 Å². The third kappa shape index (κ3) is 6.54. The second-order valence-corrected chi connectivity index (χ2v) is 4.20. The minimum atomic E-state index is -0.892. The summed E-state index contributed by atoms with van der Waals surface area (Å²) in [5.41, 5.74) is 5.34. The van der Waals surface area contributed by atoms with Crippen molar-refractivity contribution in [2.45, 2.75) is 51.9 Å². The Kier molecular flexibility index (Phi) is 4.36. The summed E-state index contributed by atoms with van der Waals surface area (Å²) < 4.78 is 5.51. The molecule has 0 bridgehead atoms. The summed E-state index contributed by atoms with van der Waals surface area (Å²) in [6, 6.07) is -0.447. The molecule has 0 aliphatic rings. The molecule has 0 radical (unpaired) electrons. The first-order valence-corrected chi connectivity index (χ1v) is 4.37. The molecule has 0 saturated carbocycles. The van der Waals surface area contributed by atoms with Crippen LogP contribution in [0, 0.1) is 0 Å². The molecule has 0 aromatic rings. The van der Waals surface area contributed by atoms with Crippen LogP contribution in [-0.2, 0) is 9.53 Å². The van der Waals surface area contributed by atoms with Crippen LogP contribution in [0.25, 0.3) is 0 Å². The third-order valence-electron chi connectivity index (χ3n) is 1.55. The smallest absolute Gasteiger partial charge is 0.305 e. The summed E-state index contributed by atoms with van der Waals surface area (Å²) >= 11 is 0. The molecule has 0 unspecified atom stereocenters. The molecule has 2 atom stereocenters. The number of aliphatic carboxylic acids is 1. The van der Waals surface area contributed by atoms with Gasteiger partial charge in [-0.05, 0) is 27.7 Å². The van der Waals surface area contributed by atoms with E-state index in [9.17, 15) is 4.79 Å². The molecule has 0 amide bonds. The Hall–Kier alpha value is -0.610. The summed E-state index contributed by atoms with van der Waals surface area (Å²) in [7, 11) is 0. The van der Waals surface area contributed by atoms with Crippen LogP contribution >= 0.6 is 0 Å². The zero-order valence-corrected chi connectivity index (χ0v) is 8.70. The number of carboxylic acid groups (broad SMARTS) is 1. The van der Waals surface area contributed by atoms with E-state index in [-0.39, 0.29) is 18.1 Å². The van der Waals surface area contributed by atoms with Gasteiger partial charge in [-0.25, -0.2) is 0 Å². The second kappa shape index (κ2) is 4.58. The Morgan fingerprint density at radius 3 is 2.31 bits per heavy atom. The van der Waals surface area contributed by atoms with Gasteiger partial charge >= 0.3 is 5.97 Å². The molecule has 3 N–H and O–H groups in total. The molecule has 0 saturated heterocycles. The molecular weight excluding hydrogens is 170 g/mol. The van der Waals surface area contributed by atoms with E-state index in [0.717, 1.165) is 0 Å². The van der Waals surface area contributed by atoms with Crippen molar-refractivity contribution in [1.82, 2.24) is 0 Å². The summed E-state index contributed by atoms with van der Waals surface area (Å²) in [6.45, 7) is 7.53. The van der Waals surface area contributed by atoms with Crippen LogP contribution in [0.1, 0.15) is 34.1 Å². The van der Waals surface area contributed by atoms with Gasteiger partial charge in [0.05, 0.1) is 18.1 Å². The molecule has 4 nitrogen and oxygen atoms in total. The minimum absolute atomic E-state index is 0.0583. The van der Waals surface area contributed by atoms with Gasteiger partial charge in [0, 0.05) is 6.04 Å². The van der Waals surface area contributed by atoms with Crippen molar-refractivity contribution in [2.24, 2.45) is 5.73 Å². The lowest BCUT2D eigenvalue weighted by Crippen LogP contribution is -2.40. The van der Waals surface area contributed by atoms with Gasteiger partial charge in [0.25, 0.3) is 0 Å². The number of nitrogens with two attached hydrogens (primary N) is 1. The largest absolute Gasteiger partial charge is 0.481 e. The van der Waals surface area contributed by atoms with Crippen LogP contribution in [0.5, 0.6) is 0 Å². The van der Waals surface area contributed by atoms with Crippen molar-refractivity contribution in [2.75, 3.05) is 0 Å². The van der Waals surface area contributed by atoms with E-state index in [1.165, 1.54) is 0 Å². The lowest BCUT2D eigenvalue weighted by molar-refractivity contribution is -0.139. The van der Waals surface area contributed by atoms with Gasteiger partial charge in [0.1, 0.15) is 0 Å². The van der Waals surface area contributed by atoms with Crippen molar-refractivity contribution < 1.29 is 14.6 Å². The maximum Gasteiger partial charge on any atom is 0.305 e. The summed E-state index contributed by atoms with van der Waals surface area (Å²) in [6.07, 6.45) is -0.298. The fourth-order valence-electron chi connectivity index (χ4n) is 1.01. The van der Waals surface area contributed by atoms with E-state index in [1.807, 2.05) is 20.8 Å². The van der Waals surface area contributed by atoms with Crippen molar-refractivity contribution >= 4 is 5.97 Å². The number of carboxylic acids is 1. The maximum absolute atomic E-state index is 10.3. The lowest BCUT2D eigenvalue weighted by atomic mass is 10.1. The molecule has 0 spiro atoms. The molecule has 4 heteroatoms. The number of hydrogen-bond donors (Lipinski definition) is 2. The van der Waals surface area contributed by atoms with Crippen molar-refractivity contribution in [3.63, 3.8) is 0 Å². The first kappa shape index (κ1) is 12.4. The lowest BCUT2D eigenvalue weighted by Gasteiger charge is -2.28. The average molecular weight is 189 g/mol. The predicted octanol–water partition coefficient (Wildman–Crippen LogP) is 0.992. The van der Waals surface area contributed by atoms with E-state index >= 15 is 0 Å². The van der Waals surface area contributed by atoms with E-state index in [1.54, 1.807) is 6.92 Å². The highest BCUT2D eigenvalue weighted by atomic mass is 16.5. The third-order valence-corrected chi connectivity index (χ3v) is 1.55. The Balaban J connectivity index is 3.96. The Bertz CT molecular complexity index is 174. The molecule has 0 aromatic carbocycles. The number of carbonyl (C=O) groups is 1. The van der Waals surface area contributed by atoms with Crippen LogP contribution in [0.4, 0.5) is 0 Å². The predicted molar refractivity (Wildman–Crippen MR) is 50.5 cm³/mol. The molecule has 0 aliphatic carbocycles. The molecule has 0 aliphatic heterocycles. The van der Waals surface area contributed by atoms with Crippen LogP contribution in [0.15, 0.2) is 0 Å². The monoisotopic (exact) mass is 189 g/mol. The van der Waals surface area contributed by atoms with E-state index < -0.39 is 12.0 Å². The zero-order valence-electron chi connectivity index (χ0n) is 8.70. The van der Waals surface area contributed by atoms with Gasteiger partial charge in [0.2, 0.25) is 0 Å². The van der Waals surface area contributed by atoms with Crippen LogP contribution < -0.4 is 5.73 Å². The quantitative estimate of drug-likeness (QED) is 0.691. The van der Waals surface area contributed by atoms with Gasteiger partial charge in [-0.2, -0.15) is 0 Å². The highest BCUT2D eigenvalue weighted by Gasteiger charge is 2.22. The molecular formula is C9H19NO3. The first-order valence-electron chi connectivity index (χ1n) is 4.37. The standard InChI is InChI=1S/C9H19NO3/c1-6(13-9(2,3)4)7(10)5-8(11)12/h6-7H,5,10H2,1-4H3,(H,11,12)/t6-,7-/m1/s1. The normalized spacial score (nSPS) is 16.7. The Labute approximate surface area is 79.1 Å². The number of ether oxygens (including phenoxy) is 1. The maximum atomic E-state index is 10.3. The first-order chi connectivity index (χ1) is 5.72. The summed E-state index contributed by atoms with van der Waals surface area (Å²) in [5, 5.41) is 8.50. The van der Waals surface area contributed by atoms with Crippen LogP contribution in [0.2, 0.25) is 0 Å². The Morgan fingerprint density at radius 2 is 2.00 bits per heavy atom. The molecule has 78 valence electrons. The van der Waals surface area contributed by atoms with Crippen LogP contribution in [0.3, 0.4) is 0 Å². The summed E-state index contributed by atoms with van der Waals surface area (Å²) in [4.78, 5) is 10.3. The molecule has 0 rings (SSSR count). The highest BCUT2D eigenvalue weighted by molar-refractivity contribution is 5.67. The van der Waals surface area contributed by atoms with E-state index in [0.29, 0.717) is 0 Å². The fraction of sp³-hybridized carbons (Fsp3) is 0.889. The SMILES string of the molecule is C[C@@H](OC(C)(C)C)[C@H](N)CC(=O)O. The Morgan fingerprint density at radius 1 is 1.54 bits per heavy atom. The number of hydrogen-bond acceptors (Lipinski definition) is 3. The molecule has 0 heterocycles. The van der Waals surface area contributed by atoms with Gasteiger partial charge in [0.15, 0.2) is 0 Å². The van der Waals surface area contributed by atoms with Crippen molar-refractivity contribution in [3.05, 3.63) is 0 Å². The fourth-order valence-corrected chi connectivity index (χ4v) is 1.01. The van der Waals surface area contributed by atoms with Gasteiger partial charge in [-0.15, -0.1) is 0 Å². The van der Waals surface area contributed by atoms with Gasteiger partial charge < -0.3 is 15.6 Å². The van der Waals surface area contributed by atoms with Crippen molar-refractivity contribution in [3.8, 4) is 0 Å². The second-order valence-electron chi connectivity index (χ2n) is 4.20. The van der Waals surface area contributed by atoms with E-state index in [2.05, 4.69) is 0 Å². The average Bonchev–Trinajstić information content (AvgIpc) is 1.81. The van der Waals surface area contributed by atoms with Gasteiger partial charge in [-0.3, -0.25) is 4.79 Å². The van der Waals surface area contributed by atoms with E-state index in [4.69, 9.17) is 15.6 Å². The topological polar surface area (TPSA) is 72.5 Å². The highest BCUT2D eigenvalue weighted by Crippen LogP contribution is 2.13. The molecule has 0 aromatic heterocycles. The zero-order chi connectivity index (χ0) is 10.6. The summed E-state index contributed by atoms with van der Waals surface area (Å²) in [5.74, 6) is -0.892. The molecule has 0 fully saturated rings. The molecule has 13 heavy (non-hydrogen) atoms.